The molecular weight excluding hydrogens is 306 g/mol. The summed E-state index contributed by atoms with van der Waals surface area (Å²) in [6.07, 6.45) is 3.80. The first-order valence-electron chi connectivity index (χ1n) is 7.29. The van der Waals surface area contributed by atoms with Gasteiger partial charge >= 0.3 is 6.61 Å². The maximum Gasteiger partial charge on any atom is 0.387 e. The van der Waals surface area contributed by atoms with Crippen molar-refractivity contribution in [2.45, 2.75) is 32.0 Å². The summed E-state index contributed by atoms with van der Waals surface area (Å²) in [5.74, 6) is 0.724. The Bertz CT molecular complexity index is 668. The molecule has 3 rings (SSSR count). The minimum absolute atomic E-state index is 0.00744. The Morgan fingerprint density at radius 3 is 2.83 bits per heavy atom. The fourth-order valence-electron chi connectivity index (χ4n) is 2.17. The van der Waals surface area contributed by atoms with Gasteiger partial charge in [0.15, 0.2) is 17.1 Å². The first-order valence-corrected chi connectivity index (χ1v) is 7.29. The Kier molecular flexibility index (Phi) is 4.09. The maximum atomic E-state index is 12.5. The molecule has 1 aliphatic heterocycles. The Morgan fingerprint density at radius 1 is 1.43 bits per heavy atom. The molecule has 1 N–H and O–H groups in total. The predicted octanol–water partition coefficient (Wildman–Crippen LogP) is 3.23. The highest BCUT2D eigenvalue weighted by Gasteiger charge is 2.30. The molecule has 1 unspecified atom stereocenters. The van der Waals surface area contributed by atoms with Crippen LogP contribution >= 0.6 is 0 Å². The number of hydrogen-bond donors (Lipinski definition) is 1. The van der Waals surface area contributed by atoms with Crippen LogP contribution in [0, 0.1) is 17.2 Å². The number of halogens is 2. The van der Waals surface area contributed by atoms with Crippen molar-refractivity contribution in [3.05, 3.63) is 29.8 Å². The van der Waals surface area contributed by atoms with Gasteiger partial charge in [-0.2, -0.15) is 14.0 Å². The summed E-state index contributed by atoms with van der Waals surface area (Å²) >= 11 is 0. The van der Waals surface area contributed by atoms with E-state index in [1.807, 2.05) is 6.07 Å². The predicted molar refractivity (Wildman–Crippen MR) is 77.5 cm³/mol. The summed E-state index contributed by atoms with van der Waals surface area (Å²) in [7, 11) is 0. The first-order chi connectivity index (χ1) is 11.0. The van der Waals surface area contributed by atoms with Gasteiger partial charge < -0.3 is 9.47 Å². The van der Waals surface area contributed by atoms with Crippen LogP contribution in [0.3, 0.4) is 0 Å². The largest absolute Gasteiger partial charge is 0.489 e. The van der Waals surface area contributed by atoms with E-state index in [4.69, 9.17) is 14.8 Å². The normalized spacial score (nSPS) is 23.2. The molecule has 1 saturated carbocycles. The molecule has 1 heterocycles. The molecule has 0 bridgehead atoms. The molecule has 1 aliphatic carbocycles. The van der Waals surface area contributed by atoms with Crippen molar-refractivity contribution in [3.63, 3.8) is 0 Å². The highest BCUT2D eigenvalue weighted by molar-refractivity contribution is 5.69. The van der Waals surface area contributed by atoms with Crippen LogP contribution in [0.2, 0.25) is 0 Å². The summed E-state index contributed by atoms with van der Waals surface area (Å²) in [5.41, 5.74) is 2.85. The second kappa shape index (κ2) is 6.05. The van der Waals surface area contributed by atoms with Crippen LogP contribution < -0.4 is 15.0 Å². The zero-order valence-electron chi connectivity index (χ0n) is 12.5. The van der Waals surface area contributed by atoms with Gasteiger partial charge in [0.25, 0.3) is 0 Å². The van der Waals surface area contributed by atoms with Gasteiger partial charge in [0.2, 0.25) is 0 Å². The van der Waals surface area contributed by atoms with Crippen molar-refractivity contribution in [1.29, 1.82) is 5.26 Å². The third-order valence-electron chi connectivity index (χ3n) is 3.66. The number of nitrogens with zero attached hydrogens (tertiary/aromatic N) is 1. The van der Waals surface area contributed by atoms with Gasteiger partial charge in [0.1, 0.15) is 6.07 Å². The van der Waals surface area contributed by atoms with Crippen molar-refractivity contribution in [2.75, 3.05) is 6.61 Å². The smallest absolute Gasteiger partial charge is 0.387 e. The highest BCUT2D eigenvalue weighted by Crippen LogP contribution is 2.36. The Morgan fingerprint density at radius 2 is 2.22 bits per heavy atom. The molecule has 0 aromatic heterocycles. The molecule has 23 heavy (non-hydrogen) atoms. The lowest BCUT2D eigenvalue weighted by molar-refractivity contribution is -0.0515. The van der Waals surface area contributed by atoms with Gasteiger partial charge in [-0.25, -0.2) is 0 Å². The molecule has 1 aromatic carbocycles. The molecule has 7 heteroatoms. The summed E-state index contributed by atoms with van der Waals surface area (Å²) in [6, 6.07) is 6.66. The lowest BCUT2D eigenvalue weighted by Crippen LogP contribution is -2.22. The molecule has 5 nitrogen and oxygen atoms in total. The highest BCUT2D eigenvalue weighted by atomic mass is 19.3. The molecule has 1 fully saturated rings. The van der Waals surface area contributed by atoms with Crippen LogP contribution in [-0.2, 0) is 4.84 Å². The third-order valence-corrected chi connectivity index (χ3v) is 3.66. The van der Waals surface area contributed by atoms with Gasteiger partial charge in [-0.3, -0.25) is 10.3 Å². The molecule has 0 spiro atoms. The summed E-state index contributed by atoms with van der Waals surface area (Å²) in [4.78, 5) is 5.20. The third kappa shape index (κ3) is 3.71. The van der Waals surface area contributed by atoms with Crippen molar-refractivity contribution < 1.29 is 23.1 Å². The molecular formula is C16H16F2N2O3. The number of alkyl halides is 2. The zero-order valence-corrected chi connectivity index (χ0v) is 12.5. The van der Waals surface area contributed by atoms with Gasteiger partial charge in [-0.15, -0.1) is 0 Å². The molecule has 2 aliphatic rings. The second-order valence-electron chi connectivity index (χ2n) is 5.78. The number of hydroxylamine groups is 1. The lowest BCUT2D eigenvalue weighted by Gasteiger charge is -2.14. The summed E-state index contributed by atoms with van der Waals surface area (Å²) in [6.45, 7) is -0.827. The fourth-order valence-corrected chi connectivity index (χ4v) is 2.17. The Balaban J connectivity index is 1.85. The second-order valence-corrected chi connectivity index (χ2v) is 5.78. The number of ether oxygens (including phenoxy) is 2. The van der Waals surface area contributed by atoms with E-state index in [-0.39, 0.29) is 11.5 Å². The number of rotatable bonds is 6. The minimum atomic E-state index is -2.92. The van der Waals surface area contributed by atoms with E-state index in [0.717, 1.165) is 12.8 Å². The van der Waals surface area contributed by atoms with Gasteiger partial charge in [-0.05, 0) is 50.0 Å². The SMILES string of the molecule is CC1(C#N)C=C(c2ccc(OC(F)F)c(OCC3CC3)c2)NO1. The first kappa shape index (κ1) is 15.6. The average Bonchev–Trinajstić information content (AvgIpc) is 3.27. The number of nitriles is 1. The van der Waals surface area contributed by atoms with Crippen LogP contribution in [0.15, 0.2) is 24.3 Å². The van der Waals surface area contributed by atoms with Crippen LogP contribution in [-0.4, -0.2) is 18.8 Å². The summed E-state index contributed by atoms with van der Waals surface area (Å²) < 4.78 is 35.1. The maximum absolute atomic E-state index is 12.5. The van der Waals surface area contributed by atoms with Crippen molar-refractivity contribution in [3.8, 4) is 17.6 Å². The van der Waals surface area contributed by atoms with Gasteiger partial charge in [0, 0.05) is 5.56 Å². The van der Waals surface area contributed by atoms with Crippen molar-refractivity contribution in [2.24, 2.45) is 5.92 Å². The number of hydrogen-bond acceptors (Lipinski definition) is 5. The fraction of sp³-hybridized carbons (Fsp3) is 0.438. The molecule has 1 aromatic rings. The zero-order chi connectivity index (χ0) is 16.4. The van der Waals surface area contributed by atoms with Gasteiger partial charge in [0.05, 0.1) is 12.3 Å². The van der Waals surface area contributed by atoms with Crippen LogP contribution in [0.1, 0.15) is 25.3 Å². The van der Waals surface area contributed by atoms with E-state index >= 15 is 0 Å². The monoisotopic (exact) mass is 322 g/mol. The van der Waals surface area contributed by atoms with E-state index in [9.17, 15) is 8.78 Å². The van der Waals surface area contributed by atoms with E-state index in [1.54, 1.807) is 25.1 Å². The quantitative estimate of drug-likeness (QED) is 0.871. The van der Waals surface area contributed by atoms with Gasteiger partial charge in [-0.1, -0.05) is 0 Å². The van der Waals surface area contributed by atoms with E-state index < -0.39 is 12.2 Å². The molecule has 0 saturated heterocycles. The van der Waals surface area contributed by atoms with E-state index in [1.165, 1.54) is 6.07 Å². The Labute approximate surface area is 132 Å². The average molecular weight is 322 g/mol. The van der Waals surface area contributed by atoms with Crippen molar-refractivity contribution in [1.82, 2.24) is 5.48 Å². The van der Waals surface area contributed by atoms with Crippen molar-refractivity contribution >= 4 is 5.70 Å². The number of benzene rings is 1. The molecule has 122 valence electrons. The van der Waals surface area contributed by atoms with E-state index in [0.29, 0.717) is 23.8 Å². The Hall–Kier alpha value is -2.33. The standard InChI is InChI=1S/C16H16F2N2O3/c1-16(9-19)7-12(20-23-16)11-4-5-13(22-15(17)18)14(6-11)21-8-10-2-3-10/h4-7,10,15,20H,2-3,8H2,1H3. The van der Waals surface area contributed by atoms with Crippen LogP contribution in [0.25, 0.3) is 5.70 Å². The van der Waals surface area contributed by atoms with Crippen LogP contribution in [0.5, 0.6) is 11.5 Å². The lowest BCUT2D eigenvalue weighted by atomic mass is 10.1. The van der Waals surface area contributed by atoms with E-state index in [2.05, 4.69) is 10.2 Å². The topological polar surface area (TPSA) is 63.5 Å². The molecule has 0 amide bonds. The number of nitrogens with one attached hydrogen (secondary N) is 1. The molecule has 0 radical (unpaired) electrons. The summed E-state index contributed by atoms with van der Waals surface area (Å²) in [5, 5.41) is 9.05. The van der Waals surface area contributed by atoms with Crippen LogP contribution in [0.4, 0.5) is 8.78 Å². The molecule has 1 atom stereocenters. The minimum Gasteiger partial charge on any atom is -0.489 e.